The van der Waals surface area contributed by atoms with Crippen LogP contribution in [0.3, 0.4) is 0 Å². The summed E-state index contributed by atoms with van der Waals surface area (Å²) in [6.45, 7) is 2.23. The highest BCUT2D eigenvalue weighted by molar-refractivity contribution is 8.00. The van der Waals surface area contributed by atoms with Crippen LogP contribution in [0.5, 0.6) is 0 Å². The molecule has 0 aliphatic heterocycles. The second-order valence-corrected chi connectivity index (χ2v) is 3.23. The lowest BCUT2D eigenvalue weighted by Gasteiger charge is -1.84. The molecule has 0 saturated heterocycles. The van der Waals surface area contributed by atoms with Crippen LogP contribution in [-0.2, 0) is 0 Å². The fourth-order valence-electron chi connectivity index (χ4n) is 0.470. The quantitative estimate of drug-likeness (QED) is 0.513. The van der Waals surface area contributed by atoms with Gasteiger partial charge < -0.3 is 0 Å². The summed E-state index contributed by atoms with van der Waals surface area (Å²) in [7, 11) is 0. The first kappa shape index (κ1) is 4.51. The molecule has 0 heterocycles. The van der Waals surface area contributed by atoms with E-state index in [0.717, 1.165) is 5.25 Å². The Labute approximate surface area is 43.3 Å². The molecule has 0 aromatic rings. The molecule has 1 heteroatoms. The summed E-state index contributed by atoms with van der Waals surface area (Å²) in [6.07, 6.45) is 2.97. The van der Waals surface area contributed by atoms with Crippen LogP contribution < -0.4 is 0 Å². The molecule has 36 valence electrons. The first-order valence-electron chi connectivity index (χ1n) is 2.55. The molecule has 0 unspecified atom stereocenters. The van der Waals surface area contributed by atoms with Crippen molar-refractivity contribution < 1.29 is 0 Å². The summed E-state index contributed by atoms with van der Waals surface area (Å²) in [5.74, 6) is 1.31. The smallest absolute Gasteiger partial charge is 0.00477 e. The van der Waals surface area contributed by atoms with Crippen LogP contribution in [0.2, 0.25) is 0 Å². The minimum Gasteiger partial charge on any atom is -0.159 e. The molecule has 1 fully saturated rings. The average molecular weight is 102 g/mol. The van der Waals surface area contributed by atoms with Crippen molar-refractivity contribution in [3.05, 3.63) is 0 Å². The standard InChI is InChI=1S/C5H10S/c1-2-6-5-3-4-5/h5H,2-4H2,1H3. The van der Waals surface area contributed by atoms with Crippen LogP contribution in [0, 0.1) is 0 Å². The van der Waals surface area contributed by atoms with Crippen LogP contribution in [0.25, 0.3) is 0 Å². The fourth-order valence-corrected chi connectivity index (χ4v) is 1.41. The van der Waals surface area contributed by atoms with Gasteiger partial charge in [0.15, 0.2) is 0 Å². The van der Waals surface area contributed by atoms with Crippen molar-refractivity contribution in [2.24, 2.45) is 0 Å². The van der Waals surface area contributed by atoms with Gasteiger partial charge in [-0.05, 0) is 18.6 Å². The SMILES string of the molecule is CCSC1CC1. The Morgan fingerprint density at radius 3 is 2.50 bits per heavy atom. The lowest BCUT2D eigenvalue weighted by Crippen LogP contribution is -1.69. The number of hydrogen-bond donors (Lipinski definition) is 0. The molecule has 0 spiro atoms. The molecule has 0 aromatic heterocycles. The molecule has 0 radical (unpaired) electrons. The summed E-state index contributed by atoms with van der Waals surface area (Å²) in [5.41, 5.74) is 0. The van der Waals surface area contributed by atoms with Gasteiger partial charge in [-0.3, -0.25) is 0 Å². The van der Waals surface area contributed by atoms with E-state index in [4.69, 9.17) is 0 Å². The van der Waals surface area contributed by atoms with Gasteiger partial charge in [0.1, 0.15) is 0 Å². The second-order valence-electron chi connectivity index (χ2n) is 1.65. The van der Waals surface area contributed by atoms with Gasteiger partial charge in [-0.2, -0.15) is 11.8 Å². The maximum Gasteiger partial charge on any atom is 0.00477 e. The van der Waals surface area contributed by atoms with Crippen LogP contribution in [0.1, 0.15) is 19.8 Å². The Balaban J connectivity index is 1.88. The molecule has 0 atom stereocenters. The van der Waals surface area contributed by atoms with Gasteiger partial charge in [-0.1, -0.05) is 6.92 Å². The molecule has 1 aliphatic carbocycles. The van der Waals surface area contributed by atoms with Crippen molar-refractivity contribution >= 4 is 11.8 Å². The van der Waals surface area contributed by atoms with Crippen molar-refractivity contribution in [2.45, 2.75) is 25.0 Å². The van der Waals surface area contributed by atoms with E-state index in [-0.39, 0.29) is 0 Å². The highest BCUT2D eigenvalue weighted by Gasteiger charge is 2.19. The van der Waals surface area contributed by atoms with Crippen molar-refractivity contribution in [1.29, 1.82) is 0 Å². The molecule has 0 amide bonds. The van der Waals surface area contributed by atoms with Gasteiger partial charge in [-0.15, -0.1) is 0 Å². The highest BCUT2D eigenvalue weighted by atomic mass is 32.2. The summed E-state index contributed by atoms with van der Waals surface area (Å²) >= 11 is 2.10. The van der Waals surface area contributed by atoms with Gasteiger partial charge in [-0.25, -0.2) is 0 Å². The Kier molecular flexibility index (Phi) is 1.41. The summed E-state index contributed by atoms with van der Waals surface area (Å²) in [4.78, 5) is 0. The molecule has 0 aromatic carbocycles. The maximum absolute atomic E-state index is 2.23. The van der Waals surface area contributed by atoms with E-state index < -0.39 is 0 Å². The Hall–Kier alpha value is 0.350. The zero-order valence-corrected chi connectivity index (χ0v) is 4.92. The van der Waals surface area contributed by atoms with E-state index in [1.807, 2.05) is 0 Å². The van der Waals surface area contributed by atoms with E-state index in [1.54, 1.807) is 0 Å². The lowest BCUT2D eigenvalue weighted by atomic mass is 11.0. The average Bonchev–Trinajstić information content (AvgIpc) is 2.21. The van der Waals surface area contributed by atoms with E-state index in [9.17, 15) is 0 Å². The Bertz CT molecular complexity index is 39.2. The first-order chi connectivity index (χ1) is 2.93. The number of rotatable bonds is 2. The Morgan fingerprint density at radius 2 is 2.33 bits per heavy atom. The third kappa shape index (κ3) is 1.21. The van der Waals surface area contributed by atoms with E-state index in [0.29, 0.717) is 0 Å². The predicted molar refractivity (Wildman–Crippen MR) is 31.2 cm³/mol. The van der Waals surface area contributed by atoms with E-state index in [2.05, 4.69) is 18.7 Å². The predicted octanol–water partition coefficient (Wildman–Crippen LogP) is 1.90. The minimum atomic E-state index is 1.06. The van der Waals surface area contributed by atoms with Gasteiger partial charge in [0.2, 0.25) is 0 Å². The molecule has 1 aliphatic rings. The minimum absolute atomic E-state index is 1.06. The monoisotopic (exact) mass is 102 g/mol. The molecular formula is C5H10S. The van der Waals surface area contributed by atoms with Crippen LogP contribution in [-0.4, -0.2) is 11.0 Å². The molecular weight excluding hydrogens is 92.1 g/mol. The second kappa shape index (κ2) is 1.87. The molecule has 0 nitrogen and oxygen atoms in total. The number of hydrogen-bond acceptors (Lipinski definition) is 1. The zero-order valence-electron chi connectivity index (χ0n) is 4.11. The summed E-state index contributed by atoms with van der Waals surface area (Å²) < 4.78 is 0. The van der Waals surface area contributed by atoms with Crippen molar-refractivity contribution in [2.75, 3.05) is 5.75 Å². The number of thioether (sulfide) groups is 1. The zero-order chi connectivity index (χ0) is 4.41. The van der Waals surface area contributed by atoms with Crippen molar-refractivity contribution in [3.8, 4) is 0 Å². The van der Waals surface area contributed by atoms with Crippen molar-refractivity contribution in [3.63, 3.8) is 0 Å². The van der Waals surface area contributed by atoms with Crippen LogP contribution in [0.15, 0.2) is 0 Å². The van der Waals surface area contributed by atoms with Gasteiger partial charge >= 0.3 is 0 Å². The van der Waals surface area contributed by atoms with E-state index >= 15 is 0 Å². The third-order valence-corrected chi connectivity index (χ3v) is 2.20. The van der Waals surface area contributed by atoms with Gasteiger partial charge in [0.05, 0.1) is 0 Å². The summed E-state index contributed by atoms with van der Waals surface area (Å²) in [5, 5.41) is 1.06. The largest absolute Gasteiger partial charge is 0.159 e. The third-order valence-electron chi connectivity index (χ3n) is 0.927. The van der Waals surface area contributed by atoms with Crippen LogP contribution >= 0.6 is 11.8 Å². The topological polar surface area (TPSA) is 0 Å². The lowest BCUT2D eigenvalue weighted by molar-refractivity contribution is 1.45. The fraction of sp³-hybridized carbons (Fsp3) is 1.00. The molecule has 1 rings (SSSR count). The van der Waals surface area contributed by atoms with E-state index in [1.165, 1.54) is 18.6 Å². The normalized spacial score (nSPS) is 21.5. The molecule has 6 heavy (non-hydrogen) atoms. The Morgan fingerprint density at radius 1 is 1.67 bits per heavy atom. The maximum atomic E-state index is 2.23. The molecule has 0 bridgehead atoms. The highest BCUT2D eigenvalue weighted by Crippen LogP contribution is 2.33. The molecule has 0 N–H and O–H groups in total. The van der Waals surface area contributed by atoms with Crippen LogP contribution in [0.4, 0.5) is 0 Å². The summed E-state index contributed by atoms with van der Waals surface area (Å²) in [6, 6.07) is 0. The first-order valence-corrected chi connectivity index (χ1v) is 3.60. The molecule has 1 saturated carbocycles. The van der Waals surface area contributed by atoms with Gasteiger partial charge in [0.25, 0.3) is 0 Å². The van der Waals surface area contributed by atoms with Gasteiger partial charge in [0, 0.05) is 5.25 Å². The van der Waals surface area contributed by atoms with Crippen molar-refractivity contribution in [1.82, 2.24) is 0 Å².